The van der Waals surface area contributed by atoms with Crippen molar-refractivity contribution in [2.45, 2.75) is 25.8 Å². The minimum Gasteiger partial charge on any atom is -0.380 e. The number of rotatable bonds is 2. The third-order valence-corrected chi connectivity index (χ3v) is 3.60. The van der Waals surface area contributed by atoms with Gasteiger partial charge in [0.2, 0.25) is 0 Å². The van der Waals surface area contributed by atoms with Gasteiger partial charge in [0.25, 0.3) is 0 Å². The summed E-state index contributed by atoms with van der Waals surface area (Å²) in [6.45, 7) is 1.82. The van der Waals surface area contributed by atoms with E-state index >= 15 is 0 Å². The molecule has 0 unspecified atom stereocenters. The molecule has 0 saturated carbocycles. The summed E-state index contributed by atoms with van der Waals surface area (Å²) in [5.74, 6) is -0.306. The van der Waals surface area contributed by atoms with Gasteiger partial charge in [0.15, 0.2) is 0 Å². The fraction of sp³-hybridized carbons (Fsp3) is 0.250. The second-order valence-electron chi connectivity index (χ2n) is 5.06. The first-order valence-electron chi connectivity index (χ1n) is 6.59. The fourth-order valence-corrected chi connectivity index (χ4v) is 2.62. The highest BCUT2D eigenvalue weighted by molar-refractivity contribution is 5.95. The van der Waals surface area contributed by atoms with Crippen LogP contribution < -0.4 is 5.32 Å². The maximum atomic E-state index is 13.7. The molecule has 0 atom stereocenters. The Balaban J connectivity index is 2.17. The van der Waals surface area contributed by atoms with E-state index in [2.05, 4.69) is 28.5 Å². The molecular weight excluding hydrogens is 253 g/mol. The van der Waals surface area contributed by atoms with Gasteiger partial charge >= 0.3 is 0 Å². The van der Waals surface area contributed by atoms with Crippen LogP contribution in [-0.4, -0.2) is 11.0 Å². The van der Waals surface area contributed by atoms with Crippen molar-refractivity contribution in [3.8, 4) is 6.07 Å². The summed E-state index contributed by atoms with van der Waals surface area (Å²) in [6, 6.07) is 5.30. The van der Waals surface area contributed by atoms with E-state index in [1.807, 2.05) is 6.92 Å². The van der Waals surface area contributed by atoms with Crippen molar-refractivity contribution in [3.63, 3.8) is 0 Å². The van der Waals surface area contributed by atoms with Crippen molar-refractivity contribution in [3.05, 3.63) is 47.4 Å². The summed E-state index contributed by atoms with van der Waals surface area (Å²) in [4.78, 5) is 4.28. The Labute approximate surface area is 116 Å². The molecule has 1 aromatic heterocycles. The van der Waals surface area contributed by atoms with Gasteiger partial charge in [-0.1, -0.05) is 12.2 Å². The number of pyridine rings is 1. The molecule has 0 bridgehead atoms. The molecule has 20 heavy (non-hydrogen) atoms. The molecule has 1 aliphatic rings. The number of hydrogen-bond acceptors (Lipinski definition) is 3. The molecule has 0 fully saturated rings. The first-order valence-corrected chi connectivity index (χ1v) is 6.59. The van der Waals surface area contributed by atoms with Crippen molar-refractivity contribution >= 4 is 16.6 Å². The number of aryl methyl sites for hydroxylation is 1. The number of hydrogen-bond donors (Lipinski definition) is 1. The molecule has 0 spiro atoms. The third-order valence-electron chi connectivity index (χ3n) is 3.60. The summed E-state index contributed by atoms with van der Waals surface area (Å²) < 4.78 is 13.7. The minimum absolute atomic E-state index is 0.260. The Morgan fingerprint density at radius 3 is 2.80 bits per heavy atom. The number of fused-ring (bicyclic) bond motifs is 1. The van der Waals surface area contributed by atoms with Gasteiger partial charge in [-0.3, -0.25) is 4.98 Å². The lowest BCUT2D eigenvalue weighted by Gasteiger charge is -2.17. The molecule has 0 aliphatic heterocycles. The van der Waals surface area contributed by atoms with Crippen molar-refractivity contribution in [1.29, 1.82) is 5.26 Å². The van der Waals surface area contributed by atoms with Gasteiger partial charge in [0.1, 0.15) is 11.9 Å². The van der Waals surface area contributed by atoms with Gasteiger partial charge in [-0.15, -0.1) is 0 Å². The number of benzene rings is 1. The van der Waals surface area contributed by atoms with Gasteiger partial charge in [0, 0.05) is 17.6 Å². The molecular formula is C16H14FN3. The zero-order chi connectivity index (χ0) is 14.1. The van der Waals surface area contributed by atoms with Gasteiger partial charge in [-0.25, -0.2) is 4.39 Å². The van der Waals surface area contributed by atoms with Gasteiger partial charge in [-0.05, 0) is 37.5 Å². The molecule has 2 aromatic rings. The van der Waals surface area contributed by atoms with Crippen LogP contribution >= 0.6 is 0 Å². The lowest BCUT2D eigenvalue weighted by atomic mass is 10.0. The Morgan fingerprint density at radius 1 is 1.35 bits per heavy atom. The van der Waals surface area contributed by atoms with Crippen molar-refractivity contribution in [1.82, 2.24) is 4.98 Å². The lowest BCUT2D eigenvalue weighted by molar-refractivity contribution is 0.628. The van der Waals surface area contributed by atoms with Gasteiger partial charge in [-0.2, -0.15) is 5.26 Å². The molecule has 0 amide bonds. The molecule has 1 aliphatic carbocycles. The first-order chi connectivity index (χ1) is 9.69. The SMILES string of the molecule is Cc1cc(F)cc2c(NC3CC=CC3)c(C#N)cnc12. The first kappa shape index (κ1) is 12.6. The average molecular weight is 267 g/mol. The standard InChI is InChI=1S/C16H14FN3/c1-10-6-12(17)7-14-15(10)19-9-11(8-18)16(14)20-13-4-2-3-5-13/h2-3,6-7,9,13H,4-5H2,1H3,(H,19,20). The van der Waals surface area contributed by atoms with Crippen molar-refractivity contribution in [2.24, 2.45) is 0 Å². The maximum absolute atomic E-state index is 13.7. The molecule has 100 valence electrons. The van der Waals surface area contributed by atoms with Crippen LogP contribution in [0.4, 0.5) is 10.1 Å². The van der Waals surface area contributed by atoms with Crippen LogP contribution in [0, 0.1) is 24.1 Å². The fourth-order valence-electron chi connectivity index (χ4n) is 2.62. The summed E-state index contributed by atoms with van der Waals surface area (Å²) in [7, 11) is 0. The largest absolute Gasteiger partial charge is 0.380 e. The summed E-state index contributed by atoms with van der Waals surface area (Å²) in [6.07, 6.45) is 7.61. The van der Waals surface area contributed by atoms with Crippen LogP contribution in [0.2, 0.25) is 0 Å². The topological polar surface area (TPSA) is 48.7 Å². The molecule has 1 aromatic carbocycles. The predicted molar refractivity (Wildman–Crippen MR) is 76.9 cm³/mol. The number of nitrogens with one attached hydrogen (secondary N) is 1. The highest BCUT2D eigenvalue weighted by atomic mass is 19.1. The monoisotopic (exact) mass is 267 g/mol. The highest BCUT2D eigenvalue weighted by Gasteiger charge is 2.16. The Kier molecular flexibility index (Phi) is 3.11. The van der Waals surface area contributed by atoms with Crippen LogP contribution in [0.25, 0.3) is 10.9 Å². The van der Waals surface area contributed by atoms with E-state index in [0.717, 1.165) is 23.9 Å². The molecule has 1 N–H and O–H groups in total. The number of nitrogens with zero attached hydrogens (tertiary/aromatic N) is 2. The third kappa shape index (κ3) is 2.12. The highest BCUT2D eigenvalue weighted by Crippen LogP contribution is 2.30. The molecule has 0 radical (unpaired) electrons. The molecule has 0 saturated heterocycles. The van der Waals surface area contributed by atoms with Crippen LogP contribution in [0.15, 0.2) is 30.5 Å². The van der Waals surface area contributed by atoms with Crippen LogP contribution in [0.1, 0.15) is 24.0 Å². The van der Waals surface area contributed by atoms with E-state index in [0.29, 0.717) is 16.6 Å². The lowest BCUT2D eigenvalue weighted by Crippen LogP contribution is -2.16. The molecule has 3 rings (SSSR count). The summed E-state index contributed by atoms with van der Waals surface area (Å²) in [5, 5.41) is 13.3. The van der Waals surface area contributed by atoms with Gasteiger partial charge < -0.3 is 5.32 Å². The second kappa shape index (κ2) is 4.93. The predicted octanol–water partition coefficient (Wildman–Crippen LogP) is 3.68. The second-order valence-corrected chi connectivity index (χ2v) is 5.06. The Morgan fingerprint density at radius 2 is 2.10 bits per heavy atom. The van der Waals surface area contributed by atoms with Crippen LogP contribution in [0.3, 0.4) is 0 Å². The smallest absolute Gasteiger partial charge is 0.124 e. The van der Waals surface area contributed by atoms with Crippen LogP contribution in [0.5, 0.6) is 0 Å². The minimum atomic E-state index is -0.306. The van der Waals surface area contributed by atoms with Gasteiger partial charge in [0.05, 0.1) is 16.8 Å². The zero-order valence-corrected chi connectivity index (χ0v) is 11.2. The normalized spacial score (nSPS) is 14.7. The average Bonchev–Trinajstić information content (AvgIpc) is 2.92. The maximum Gasteiger partial charge on any atom is 0.124 e. The zero-order valence-electron chi connectivity index (χ0n) is 11.2. The van der Waals surface area contributed by atoms with E-state index in [1.54, 1.807) is 6.20 Å². The van der Waals surface area contributed by atoms with E-state index in [1.165, 1.54) is 12.1 Å². The number of nitriles is 1. The summed E-state index contributed by atoms with van der Waals surface area (Å²) in [5.41, 5.74) is 2.65. The molecule has 3 nitrogen and oxygen atoms in total. The van der Waals surface area contributed by atoms with Crippen molar-refractivity contribution in [2.75, 3.05) is 5.32 Å². The Hall–Kier alpha value is -2.41. The van der Waals surface area contributed by atoms with Crippen LogP contribution in [-0.2, 0) is 0 Å². The molecule has 4 heteroatoms. The number of aromatic nitrogens is 1. The van der Waals surface area contributed by atoms with E-state index in [-0.39, 0.29) is 11.9 Å². The Bertz CT molecular complexity index is 735. The number of anilines is 1. The molecule has 1 heterocycles. The number of halogens is 1. The van der Waals surface area contributed by atoms with E-state index < -0.39 is 0 Å². The van der Waals surface area contributed by atoms with Crippen molar-refractivity contribution < 1.29 is 4.39 Å². The summed E-state index contributed by atoms with van der Waals surface area (Å²) >= 11 is 0. The quantitative estimate of drug-likeness (QED) is 0.844. The van der Waals surface area contributed by atoms with E-state index in [4.69, 9.17) is 0 Å². The van der Waals surface area contributed by atoms with E-state index in [9.17, 15) is 9.65 Å².